The van der Waals surface area contributed by atoms with Crippen molar-refractivity contribution < 1.29 is 17.5 Å². The Morgan fingerprint density at radius 1 is 1.07 bits per heavy atom. The highest BCUT2D eigenvalue weighted by atomic mass is 32.2. The molecular weight excluding hydrogens is 543 g/mol. The number of aryl methyl sites for hydroxylation is 1. The standard InChI is InChI=1S/C30H35FN6O3S/c1-19-9-10-21-22(11-12-24(31)26(21)37-41(38,39)18-30(2,3)4)27(19)40-28-23(8-6-15-33-28)25-13-16-34-29(36-25)35-20-7-5-14-32-17-20/h6,8-13,15-16,20,32,37H,5,7,14,17-18H2,1-4H3,(H,34,35,36)/t20-/m0/s1. The van der Waals surface area contributed by atoms with Crippen molar-refractivity contribution in [2.75, 3.05) is 28.9 Å². The third kappa shape index (κ3) is 6.91. The third-order valence-electron chi connectivity index (χ3n) is 6.71. The van der Waals surface area contributed by atoms with Crippen molar-refractivity contribution in [1.29, 1.82) is 0 Å². The highest BCUT2D eigenvalue weighted by Crippen LogP contribution is 2.40. The van der Waals surface area contributed by atoms with Gasteiger partial charge in [0.05, 0.1) is 22.7 Å². The van der Waals surface area contributed by atoms with Crippen molar-refractivity contribution in [3.63, 3.8) is 0 Å². The molecule has 0 bridgehead atoms. The maximum atomic E-state index is 15.0. The van der Waals surface area contributed by atoms with Gasteiger partial charge >= 0.3 is 0 Å². The number of anilines is 2. The minimum atomic E-state index is -3.81. The molecule has 1 saturated heterocycles. The maximum Gasteiger partial charge on any atom is 0.233 e. The third-order valence-corrected chi connectivity index (χ3v) is 8.47. The van der Waals surface area contributed by atoms with Crippen molar-refractivity contribution >= 4 is 32.4 Å². The second-order valence-electron chi connectivity index (χ2n) is 11.6. The van der Waals surface area contributed by atoms with Gasteiger partial charge < -0.3 is 15.4 Å². The molecule has 5 rings (SSSR count). The van der Waals surface area contributed by atoms with Crippen LogP contribution in [0.15, 0.2) is 54.9 Å². The van der Waals surface area contributed by atoms with Gasteiger partial charge in [-0.15, -0.1) is 0 Å². The van der Waals surface area contributed by atoms with E-state index in [1.807, 2.05) is 33.8 Å². The largest absolute Gasteiger partial charge is 0.437 e. The minimum absolute atomic E-state index is 0.110. The SMILES string of the molecule is Cc1ccc2c(NS(=O)(=O)CC(C)(C)C)c(F)ccc2c1Oc1ncccc1-c1ccnc(N[C@H]2CCCNC2)n1. The van der Waals surface area contributed by atoms with E-state index in [0.717, 1.165) is 31.5 Å². The Kier molecular flexibility index (Phi) is 8.10. The zero-order valence-electron chi connectivity index (χ0n) is 23.7. The normalized spacial score (nSPS) is 16.0. The first-order valence-corrected chi connectivity index (χ1v) is 15.3. The van der Waals surface area contributed by atoms with E-state index < -0.39 is 21.3 Å². The number of halogens is 1. The molecule has 1 aliphatic heterocycles. The Morgan fingerprint density at radius 2 is 1.88 bits per heavy atom. The summed E-state index contributed by atoms with van der Waals surface area (Å²) in [5, 5.41) is 7.71. The van der Waals surface area contributed by atoms with Crippen molar-refractivity contribution in [1.82, 2.24) is 20.3 Å². The van der Waals surface area contributed by atoms with E-state index >= 15 is 4.39 Å². The Balaban J connectivity index is 1.50. The number of aromatic nitrogens is 3. The summed E-state index contributed by atoms with van der Waals surface area (Å²) >= 11 is 0. The molecule has 9 nitrogen and oxygen atoms in total. The quantitative estimate of drug-likeness (QED) is 0.237. The Bertz CT molecular complexity index is 1670. The molecule has 0 unspecified atom stereocenters. The zero-order valence-corrected chi connectivity index (χ0v) is 24.5. The summed E-state index contributed by atoms with van der Waals surface area (Å²) in [5.41, 5.74) is 1.45. The van der Waals surface area contributed by atoms with Gasteiger partial charge in [-0.1, -0.05) is 32.9 Å². The lowest BCUT2D eigenvalue weighted by Gasteiger charge is -2.23. The van der Waals surface area contributed by atoms with Gasteiger partial charge in [-0.2, -0.15) is 0 Å². The molecule has 0 radical (unpaired) electrons. The lowest BCUT2D eigenvalue weighted by atomic mass is 10.0. The molecule has 1 atom stereocenters. The molecule has 1 aliphatic rings. The predicted octanol–water partition coefficient (Wildman–Crippen LogP) is 5.88. The number of piperidine rings is 1. The van der Waals surface area contributed by atoms with Crippen molar-refractivity contribution in [2.45, 2.75) is 46.6 Å². The summed E-state index contributed by atoms with van der Waals surface area (Å²) in [6, 6.07) is 12.0. The van der Waals surface area contributed by atoms with Crippen LogP contribution in [0.2, 0.25) is 0 Å². The number of rotatable bonds is 8. The number of nitrogens with one attached hydrogen (secondary N) is 3. The van der Waals surface area contributed by atoms with Crippen LogP contribution in [-0.2, 0) is 10.0 Å². The van der Waals surface area contributed by atoms with Crippen LogP contribution < -0.4 is 20.1 Å². The van der Waals surface area contributed by atoms with Gasteiger partial charge in [0.25, 0.3) is 0 Å². The van der Waals surface area contributed by atoms with E-state index in [1.54, 1.807) is 42.7 Å². The van der Waals surface area contributed by atoms with Crippen LogP contribution in [0.4, 0.5) is 16.0 Å². The molecule has 0 amide bonds. The minimum Gasteiger partial charge on any atom is -0.437 e. The second-order valence-corrected chi connectivity index (χ2v) is 13.3. The van der Waals surface area contributed by atoms with Crippen LogP contribution in [0.3, 0.4) is 0 Å². The molecule has 0 saturated carbocycles. The predicted molar refractivity (Wildman–Crippen MR) is 160 cm³/mol. The Labute approximate surface area is 240 Å². The molecule has 0 aliphatic carbocycles. The van der Waals surface area contributed by atoms with E-state index in [-0.39, 0.29) is 17.5 Å². The highest BCUT2D eigenvalue weighted by Gasteiger charge is 2.24. The zero-order chi connectivity index (χ0) is 29.2. The fourth-order valence-corrected chi connectivity index (χ4v) is 6.69. The molecule has 216 valence electrons. The van der Waals surface area contributed by atoms with Crippen molar-refractivity contribution in [2.24, 2.45) is 5.41 Å². The van der Waals surface area contributed by atoms with Crippen molar-refractivity contribution in [3.8, 4) is 22.9 Å². The first kappa shape index (κ1) is 28.7. The van der Waals surface area contributed by atoms with Crippen molar-refractivity contribution in [3.05, 3.63) is 66.2 Å². The van der Waals surface area contributed by atoms with Crippen LogP contribution in [0, 0.1) is 18.2 Å². The van der Waals surface area contributed by atoms with Gasteiger partial charge in [-0.3, -0.25) is 4.72 Å². The number of hydrogen-bond acceptors (Lipinski definition) is 8. The van der Waals surface area contributed by atoms with Gasteiger partial charge in [0, 0.05) is 35.8 Å². The van der Waals surface area contributed by atoms with Crippen LogP contribution in [0.25, 0.3) is 22.0 Å². The highest BCUT2D eigenvalue weighted by molar-refractivity contribution is 7.92. The second kappa shape index (κ2) is 11.6. The monoisotopic (exact) mass is 578 g/mol. The van der Waals surface area contributed by atoms with E-state index in [4.69, 9.17) is 9.72 Å². The van der Waals surface area contributed by atoms with Crippen LogP contribution in [0.5, 0.6) is 11.6 Å². The first-order valence-electron chi connectivity index (χ1n) is 13.6. The molecule has 11 heteroatoms. The molecule has 3 N–H and O–H groups in total. The maximum absolute atomic E-state index is 15.0. The van der Waals surface area contributed by atoms with Crippen LogP contribution in [0.1, 0.15) is 39.2 Å². The molecule has 0 spiro atoms. The number of pyridine rings is 1. The number of benzene rings is 2. The topological polar surface area (TPSA) is 118 Å². The van der Waals surface area contributed by atoms with Gasteiger partial charge in [0.15, 0.2) is 0 Å². The van der Waals surface area contributed by atoms with Gasteiger partial charge in [-0.05, 0) is 67.6 Å². The molecule has 1 fully saturated rings. The molecule has 2 aromatic carbocycles. The van der Waals surface area contributed by atoms with Gasteiger partial charge in [0.1, 0.15) is 11.6 Å². The van der Waals surface area contributed by atoms with Crippen LogP contribution in [-0.4, -0.2) is 48.3 Å². The average Bonchev–Trinajstić information content (AvgIpc) is 2.91. The summed E-state index contributed by atoms with van der Waals surface area (Å²) in [6.07, 6.45) is 5.45. The fourth-order valence-electron chi connectivity index (χ4n) is 4.96. The molecular formula is C30H35FN6O3S. The summed E-state index contributed by atoms with van der Waals surface area (Å²) in [6.45, 7) is 9.18. The summed E-state index contributed by atoms with van der Waals surface area (Å²) in [7, 11) is -3.81. The summed E-state index contributed by atoms with van der Waals surface area (Å²) in [4.78, 5) is 13.6. The smallest absolute Gasteiger partial charge is 0.233 e. The summed E-state index contributed by atoms with van der Waals surface area (Å²) in [5.74, 6) is 0.452. The average molecular weight is 579 g/mol. The van der Waals surface area contributed by atoms with Crippen LogP contribution >= 0.6 is 0 Å². The molecule has 2 aromatic heterocycles. The van der Waals surface area contributed by atoms with E-state index in [9.17, 15) is 8.42 Å². The number of nitrogens with zero attached hydrogens (tertiary/aromatic N) is 3. The Morgan fingerprint density at radius 3 is 2.63 bits per heavy atom. The van der Waals surface area contributed by atoms with E-state index in [0.29, 0.717) is 39.6 Å². The number of hydrogen-bond donors (Lipinski definition) is 3. The van der Waals surface area contributed by atoms with Gasteiger partial charge in [-0.25, -0.2) is 27.8 Å². The molecule has 4 aromatic rings. The van der Waals surface area contributed by atoms with Gasteiger partial charge in [0.2, 0.25) is 21.9 Å². The number of sulfonamides is 1. The molecule has 3 heterocycles. The first-order chi connectivity index (χ1) is 19.5. The number of fused-ring (bicyclic) bond motifs is 1. The summed E-state index contributed by atoms with van der Waals surface area (Å²) < 4.78 is 49.6. The lowest BCUT2D eigenvalue weighted by Crippen LogP contribution is -2.38. The fraction of sp³-hybridized carbons (Fsp3) is 0.367. The van der Waals surface area contributed by atoms with E-state index in [2.05, 4.69) is 25.3 Å². The molecule has 41 heavy (non-hydrogen) atoms. The number of ether oxygens (including phenoxy) is 1. The Hall–Kier alpha value is -3.83. The lowest BCUT2D eigenvalue weighted by molar-refractivity contribution is 0.463. The van der Waals surface area contributed by atoms with E-state index in [1.165, 1.54) is 6.07 Å².